The molecule has 0 atom stereocenters. The smallest absolute Gasteiger partial charge is 0.0599 e. The van der Waals surface area contributed by atoms with Gasteiger partial charge >= 0.3 is 0 Å². The largest absolute Gasteiger partial charge is 0.390 e. The highest BCUT2D eigenvalue weighted by molar-refractivity contribution is 7.99. The Morgan fingerprint density at radius 3 is 2.83 bits per heavy atom. The average molecular weight is 265 g/mol. The molecule has 0 amide bonds. The van der Waals surface area contributed by atoms with E-state index < -0.39 is 5.60 Å². The van der Waals surface area contributed by atoms with Crippen LogP contribution in [-0.4, -0.2) is 22.5 Å². The predicted octanol–water partition coefficient (Wildman–Crippen LogP) is 3.19. The van der Waals surface area contributed by atoms with Crippen LogP contribution in [0.15, 0.2) is 29.2 Å². The number of thioether (sulfide) groups is 1. The van der Waals surface area contributed by atoms with Gasteiger partial charge in [0.1, 0.15) is 0 Å². The van der Waals surface area contributed by atoms with Gasteiger partial charge in [-0.3, -0.25) is 0 Å². The average Bonchev–Trinajstić information content (AvgIpc) is 3.09. The minimum atomic E-state index is -0.557. The summed E-state index contributed by atoms with van der Waals surface area (Å²) < 4.78 is 0. The van der Waals surface area contributed by atoms with E-state index in [1.165, 1.54) is 23.3 Å². The van der Waals surface area contributed by atoms with Gasteiger partial charge in [0.15, 0.2) is 0 Å². The molecule has 3 heteroatoms. The van der Waals surface area contributed by atoms with E-state index in [9.17, 15) is 5.11 Å². The summed E-state index contributed by atoms with van der Waals surface area (Å²) in [6, 6.07) is 9.46. The van der Waals surface area contributed by atoms with Crippen molar-refractivity contribution >= 4 is 11.8 Å². The molecular formula is C15H23NOS. The van der Waals surface area contributed by atoms with Gasteiger partial charge in [0.25, 0.3) is 0 Å². The van der Waals surface area contributed by atoms with Crippen molar-refractivity contribution in [3.63, 3.8) is 0 Å². The molecule has 0 spiro atoms. The van der Waals surface area contributed by atoms with Gasteiger partial charge in [-0.15, -0.1) is 11.8 Å². The Morgan fingerprint density at radius 2 is 2.17 bits per heavy atom. The van der Waals surface area contributed by atoms with Crippen LogP contribution in [-0.2, 0) is 6.54 Å². The van der Waals surface area contributed by atoms with Crippen LogP contribution in [0.5, 0.6) is 0 Å². The van der Waals surface area contributed by atoms with Crippen molar-refractivity contribution in [2.45, 2.75) is 56.2 Å². The molecule has 0 radical (unpaired) electrons. The molecule has 0 bridgehead atoms. The van der Waals surface area contributed by atoms with Gasteiger partial charge in [-0.1, -0.05) is 12.1 Å². The summed E-state index contributed by atoms with van der Waals surface area (Å²) in [6.45, 7) is 4.71. The Bertz CT molecular complexity index is 382. The van der Waals surface area contributed by atoms with Crippen molar-refractivity contribution in [1.82, 2.24) is 5.32 Å². The Kier molecular flexibility index (Phi) is 4.71. The summed E-state index contributed by atoms with van der Waals surface area (Å²) in [7, 11) is 0. The lowest BCUT2D eigenvalue weighted by atomic mass is 10.1. The molecule has 1 fully saturated rings. The lowest BCUT2D eigenvalue weighted by Crippen LogP contribution is -2.19. The van der Waals surface area contributed by atoms with E-state index in [0.717, 1.165) is 24.8 Å². The third-order valence-corrected chi connectivity index (χ3v) is 4.05. The topological polar surface area (TPSA) is 32.3 Å². The molecule has 0 unspecified atom stereocenters. The van der Waals surface area contributed by atoms with E-state index >= 15 is 0 Å². The van der Waals surface area contributed by atoms with Gasteiger partial charge in [-0.25, -0.2) is 0 Å². The van der Waals surface area contributed by atoms with Gasteiger partial charge in [-0.2, -0.15) is 0 Å². The molecule has 1 aliphatic rings. The molecule has 2 nitrogen and oxygen atoms in total. The van der Waals surface area contributed by atoms with Crippen molar-refractivity contribution in [3.8, 4) is 0 Å². The van der Waals surface area contributed by atoms with Crippen molar-refractivity contribution in [1.29, 1.82) is 0 Å². The third-order valence-electron chi connectivity index (χ3n) is 3.05. The van der Waals surface area contributed by atoms with Crippen LogP contribution in [0, 0.1) is 0 Å². The Morgan fingerprint density at radius 1 is 1.39 bits per heavy atom. The maximum Gasteiger partial charge on any atom is 0.0599 e. The normalized spacial score (nSPS) is 15.9. The molecule has 2 N–H and O–H groups in total. The minimum absolute atomic E-state index is 0.557. The van der Waals surface area contributed by atoms with Crippen molar-refractivity contribution < 1.29 is 5.11 Å². The minimum Gasteiger partial charge on any atom is -0.390 e. The molecule has 0 aliphatic heterocycles. The summed E-state index contributed by atoms with van der Waals surface area (Å²) in [6.07, 6.45) is 3.49. The first kappa shape index (κ1) is 13.9. The molecule has 100 valence electrons. The fourth-order valence-electron chi connectivity index (χ4n) is 1.71. The Labute approximate surface area is 114 Å². The standard InChI is InChI=1S/C15H23NOS/c1-15(2,17)8-9-18-14-5-3-4-12(10-14)11-16-13-6-7-13/h3-5,10,13,16-17H,6-9,11H2,1-2H3. The van der Waals surface area contributed by atoms with Gasteiger partial charge in [0.2, 0.25) is 0 Å². The SMILES string of the molecule is CC(C)(O)CCSc1cccc(CNC2CC2)c1. The lowest BCUT2D eigenvalue weighted by molar-refractivity contribution is 0.0778. The highest BCUT2D eigenvalue weighted by Crippen LogP contribution is 2.23. The van der Waals surface area contributed by atoms with Gasteiger partial charge in [0.05, 0.1) is 5.60 Å². The highest BCUT2D eigenvalue weighted by atomic mass is 32.2. The summed E-state index contributed by atoms with van der Waals surface area (Å²) in [5.74, 6) is 0.961. The van der Waals surface area contributed by atoms with Crippen LogP contribution in [0.1, 0.15) is 38.7 Å². The van der Waals surface area contributed by atoms with Crippen LogP contribution >= 0.6 is 11.8 Å². The molecule has 0 heterocycles. The second kappa shape index (κ2) is 6.09. The Balaban J connectivity index is 1.78. The monoisotopic (exact) mass is 265 g/mol. The van der Waals surface area contributed by atoms with Crippen LogP contribution < -0.4 is 5.32 Å². The van der Waals surface area contributed by atoms with Gasteiger partial charge in [0, 0.05) is 23.2 Å². The molecule has 0 saturated heterocycles. The van der Waals surface area contributed by atoms with Crippen molar-refractivity contribution in [2.24, 2.45) is 0 Å². The van der Waals surface area contributed by atoms with E-state index in [-0.39, 0.29) is 0 Å². The molecule has 0 aromatic heterocycles. The summed E-state index contributed by atoms with van der Waals surface area (Å²) in [4.78, 5) is 1.30. The number of benzene rings is 1. The predicted molar refractivity (Wildman–Crippen MR) is 77.9 cm³/mol. The van der Waals surface area contributed by atoms with E-state index in [4.69, 9.17) is 0 Å². The fourth-order valence-corrected chi connectivity index (χ4v) is 2.96. The first-order valence-corrected chi connectivity index (χ1v) is 7.69. The number of hydrogen-bond acceptors (Lipinski definition) is 3. The second-order valence-electron chi connectivity index (χ2n) is 5.71. The van der Waals surface area contributed by atoms with Crippen LogP contribution in [0.2, 0.25) is 0 Å². The third kappa shape index (κ3) is 5.42. The number of rotatable bonds is 7. The van der Waals surface area contributed by atoms with Crippen LogP contribution in [0.4, 0.5) is 0 Å². The van der Waals surface area contributed by atoms with E-state index in [1.54, 1.807) is 0 Å². The molecule has 1 saturated carbocycles. The zero-order valence-corrected chi connectivity index (χ0v) is 12.1. The fraction of sp³-hybridized carbons (Fsp3) is 0.600. The van der Waals surface area contributed by atoms with Gasteiger partial charge < -0.3 is 10.4 Å². The molecule has 18 heavy (non-hydrogen) atoms. The number of aliphatic hydroxyl groups is 1. The zero-order chi connectivity index (χ0) is 13.0. The van der Waals surface area contributed by atoms with E-state index in [0.29, 0.717) is 0 Å². The maximum atomic E-state index is 9.68. The Hall–Kier alpha value is -0.510. The first-order chi connectivity index (χ1) is 8.53. The highest BCUT2D eigenvalue weighted by Gasteiger charge is 2.19. The molecule has 1 aliphatic carbocycles. The maximum absolute atomic E-state index is 9.68. The van der Waals surface area contributed by atoms with Crippen LogP contribution in [0.3, 0.4) is 0 Å². The van der Waals surface area contributed by atoms with Crippen molar-refractivity contribution in [2.75, 3.05) is 5.75 Å². The summed E-state index contributed by atoms with van der Waals surface area (Å²) in [5.41, 5.74) is 0.799. The summed E-state index contributed by atoms with van der Waals surface area (Å²) in [5, 5.41) is 13.2. The lowest BCUT2D eigenvalue weighted by Gasteiger charge is -2.16. The van der Waals surface area contributed by atoms with Crippen LogP contribution in [0.25, 0.3) is 0 Å². The second-order valence-corrected chi connectivity index (χ2v) is 6.88. The molecular weight excluding hydrogens is 242 g/mol. The molecule has 1 aromatic rings. The summed E-state index contributed by atoms with van der Waals surface area (Å²) >= 11 is 1.82. The number of hydrogen-bond donors (Lipinski definition) is 2. The molecule has 1 aromatic carbocycles. The van der Waals surface area contributed by atoms with E-state index in [2.05, 4.69) is 29.6 Å². The quantitative estimate of drug-likeness (QED) is 0.743. The number of nitrogens with one attached hydrogen (secondary N) is 1. The van der Waals surface area contributed by atoms with Gasteiger partial charge in [-0.05, 0) is 50.8 Å². The first-order valence-electron chi connectivity index (χ1n) is 6.70. The van der Waals surface area contributed by atoms with E-state index in [1.807, 2.05) is 25.6 Å². The molecule has 2 rings (SSSR count). The zero-order valence-electron chi connectivity index (χ0n) is 11.3. The van der Waals surface area contributed by atoms with Crippen molar-refractivity contribution in [3.05, 3.63) is 29.8 Å².